The third-order valence-corrected chi connectivity index (χ3v) is 9.43. The number of hydrogen-bond donors (Lipinski definition) is 24. The van der Waals surface area contributed by atoms with Crippen molar-refractivity contribution < 1.29 is 190 Å². The summed E-state index contributed by atoms with van der Waals surface area (Å²) in [6.45, 7) is -2.63. The van der Waals surface area contributed by atoms with Crippen LogP contribution in [-0.4, -0.2) is 340 Å². The van der Waals surface area contributed by atoms with E-state index >= 15 is 0 Å². The van der Waals surface area contributed by atoms with Crippen molar-refractivity contribution >= 4 is 42.9 Å². The lowest BCUT2D eigenvalue weighted by Gasteiger charge is -2.37. The van der Waals surface area contributed by atoms with Gasteiger partial charge in [-0.2, -0.15) is 0 Å². The van der Waals surface area contributed by atoms with Gasteiger partial charge in [-0.05, 0) is 19.1 Å². The van der Waals surface area contributed by atoms with Gasteiger partial charge in [-0.1, -0.05) is 0 Å². The molecule has 0 spiro atoms. The van der Waals surface area contributed by atoms with E-state index in [1.54, 1.807) is 6.07 Å². The average molecular weight is 1190 g/mol. The number of carboxylic acids is 1. The first-order chi connectivity index (χ1) is 37.0. The number of fused-ring (bicyclic) bond motifs is 2. The van der Waals surface area contributed by atoms with Crippen molar-refractivity contribution in [2.45, 2.75) is 136 Å². The molecule has 18 atom stereocenters. The molecule has 0 saturated carbocycles. The quantitative estimate of drug-likeness (QED) is 0.0816. The maximum absolute atomic E-state index is 10.1. The molecule has 5 aliphatic heterocycles. The second kappa shape index (κ2) is 48.0. The zero-order valence-corrected chi connectivity index (χ0v) is 42.3. The third kappa shape index (κ3) is 34.0. The summed E-state index contributed by atoms with van der Waals surface area (Å²) >= 11 is 0. The van der Waals surface area contributed by atoms with E-state index in [4.69, 9.17) is 131 Å². The van der Waals surface area contributed by atoms with E-state index in [9.17, 15) is 39.3 Å². The summed E-state index contributed by atoms with van der Waals surface area (Å²) in [7, 11) is 0. The monoisotopic (exact) mass is 1190 g/mol. The topological polar surface area (TPSA) is 696 Å². The van der Waals surface area contributed by atoms with Gasteiger partial charge in [0.2, 0.25) is 5.79 Å². The van der Waals surface area contributed by atoms with Crippen LogP contribution in [-0.2, 0) is 59.1 Å². The van der Waals surface area contributed by atoms with Crippen LogP contribution in [0.1, 0.15) is 36.1 Å². The number of ether oxygens (including phenoxy) is 5. The first-order valence-electron chi connectivity index (χ1n) is 22.4. The highest BCUT2D eigenvalue weighted by Gasteiger charge is 2.53. The van der Waals surface area contributed by atoms with Gasteiger partial charge in [-0.15, -0.1) is 0 Å². The van der Waals surface area contributed by atoms with Crippen LogP contribution < -0.4 is 0 Å². The highest BCUT2D eigenvalue weighted by atomic mass is 16.7. The van der Waals surface area contributed by atoms with E-state index in [1.165, 1.54) is 13.0 Å². The number of hydrogen-bond acceptors (Lipinski definition) is 35. The molecule has 5 aliphatic rings. The number of carbonyl (C=O) groups is 7. The van der Waals surface area contributed by atoms with Gasteiger partial charge in [-0.25, -0.2) is 0 Å². The fourth-order valence-electron chi connectivity index (χ4n) is 5.11. The molecule has 0 aromatic carbocycles. The lowest BCUT2D eigenvalue weighted by molar-refractivity contribution is -0.286. The van der Waals surface area contributed by atoms with Gasteiger partial charge in [0, 0.05) is 6.42 Å². The van der Waals surface area contributed by atoms with Crippen LogP contribution in [0, 0.1) is 0 Å². The lowest BCUT2D eigenvalue weighted by Crippen LogP contribution is -2.58. The van der Waals surface area contributed by atoms with Gasteiger partial charge in [0.05, 0.1) is 52.7 Å². The number of carboxylic acid groups (broad SMARTS) is 2. The summed E-state index contributed by atoms with van der Waals surface area (Å²) < 4.78 is 28.3. The summed E-state index contributed by atoms with van der Waals surface area (Å²) in [6.07, 6.45) is -18.7. The van der Waals surface area contributed by atoms with E-state index < -0.39 is 162 Å². The van der Waals surface area contributed by atoms with Gasteiger partial charge >= 0.3 is 5.97 Å². The Morgan fingerprint density at radius 1 is 0.675 bits per heavy atom. The molecule has 0 amide bonds. The molecule has 6 heterocycles. The summed E-state index contributed by atoms with van der Waals surface area (Å²) in [4.78, 5) is 66.1. The van der Waals surface area contributed by atoms with Crippen LogP contribution in [0.5, 0.6) is 0 Å². The molecule has 1 aromatic rings. The van der Waals surface area contributed by atoms with Crippen molar-refractivity contribution in [2.24, 2.45) is 0 Å². The smallest absolute Gasteiger partial charge is 0.303 e. The van der Waals surface area contributed by atoms with E-state index in [0.29, 0.717) is 18.3 Å². The molecule has 0 radical (unpaired) electrons. The van der Waals surface area contributed by atoms with Crippen molar-refractivity contribution in [1.82, 2.24) is 0 Å². The maximum Gasteiger partial charge on any atom is 0.303 e. The number of ketones is 2. The largest absolute Gasteiger partial charge is 0.483 e. The van der Waals surface area contributed by atoms with E-state index in [-0.39, 0.29) is 69.0 Å². The molecule has 6 rings (SSSR count). The number of carbonyl (C=O) groups excluding carboxylic acids is 5. The first-order valence-corrected chi connectivity index (χ1v) is 22.4. The number of aliphatic carboxylic acids is 1. The van der Waals surface area contributed by atoms with Gasteiger partial charge < -0.3 is 171 Å². The van der Waals surface area contributed by atoms with E-state index in [1.807, 2.05) is 0 Å². The van der Waals surface area contributed by atoms with Crippen LogP contribution >= 0.6 is 0 Å². The molecule has 9 unspecified atom stereocenters. The fraction of sp³-hybridized carbons (Fsp3) is 0.738. The Hall–Kier alpha value is -4.55. The van der Waals surface area contributed by atoms with Crippen LogP contribution in [0.25, 0.3) is 0 Å². The Morgan fingerprint density at radius 2 is 1.20 bits per heavy atom. The summed E-state index contributed by atoms with van der Waals surface area (Å²) in [5.74, 6) is -3.04. The highest BCUT2D eigenvalue weighted by Crippen LogP contribution is 2.29. The molecule has 472 valence electrons. The van der Waals surface area contributed by atoms with Gasteiger partial charge in [0.15, 0.2) is 43.0 Å². The average Bonchev–Trinajstić information content (AvgIpc) is 4.24. The zero-order valence-electron chi connectivity index (χ0n) is 42.3. The minimum absolute atomic E-state index is 0. The Kier molecular flexibility index (Phi) is 50.6. The Morgan fingerprint density at radius 3 is 1.48 bits per heavy atom. The molecular weight excluding hydrogens is 1110 g/mol. The molecule has 80 heavy (non-hydrogen) atoms. The Bertz CT molecular complexity index is 1690. The zero-order chi connectivity index (χ0) is 62.2. The van der Waals surface area contributed by atoms with Crippen molar-refractivity contribution in [3.8, 4) is 0 Å². The van der Waals surface area contributed by atoms with E-state index in [0.717, 1.165) is 0 Å². The number of rotatable bonds is 13. The predicted molar refractivity (Wildman–Crippen MR) is 250 cm³/mol. The predicted octanol–water partition coefficient (Wildman–Crippen LogP) is -14.4. The Labute approximate surface area is 451 Å². The summed E-state index contributed by atoms with van der Waals surface area (Å²) in [5.41, 5.74) is 0. The third-order valence-electron chi connectivity index (χ3n) is 9.43. The highest BCUT2D eigenvalue weighted by molar-refractivity contribution is 5.80. The number of aliphatic hydroxyl groups excluding tert-OH is 21. The van der Waals surface area contributed by atoms with Crippen molar-refractivity contribution in [3.63, 3.8) is 0 Å². The molecule has 1 aromatic heterocycles. The first kappa shape index (κ1) is 84.3. The number of aliphatic hydroxyl groups is 22. The van der Waals surface area contributed by atoms with Crippen LogP contribution in [0.4, 0.5) is 0 Å². The van der Waals surface area contributed by atoms with Gasteiger partial charge in [0.1, 0.15) is 123 Å². The molecule has 26 N–H and O–H groups in total. The summed E-state index contributed by atoms with van der Waals surface area (Å²) in [5, 5.41) is 205. The SMILES string of the molecule is CC(=O)CCC(=O)O.O.O=C(CO)CO.O=CC(O)CO.O=CCO.O=CO.O=Cc1ccc(CO)o1.OC1OC[C@@H](O)C1O.OC1[C@@H]2OCC(O2)[C@@H](O)[C@H]1O.OCC1OC(O)C(O)[C@H](O)[C@@H]1O.OC[C@H]1O[C@@](O)(CO)C(O)[C@H]1O. The van der Waals surface area contributed by atoms with Crippen molar-refractivity contribution in [1.29, 1.82) is 0 Å². The second-order valence-electron chi connectivity index (χ2n) is 15.5. The molecular formula is C42H76O38. The number of Topliss-reactive ketones (excluding diaryl/α,β-unsaturated/α-hetero) is 2. The molecule has 5 saturated heterocycles. The maximum atomic E-state index is 10.1. The number of aldehydes is 3. The minimum atomic E-state index is -2.16. The van der Waals surface area contributed by atoms with E-state index in [2.05, 4.69) is 14.2 Å². The number of furan rings is 1. The van der Waals surface area contributed by atoms with Gasteiger partial charge in [-0.3, -0.25) is 19.2 Å². The normalized spacial score (nSPS) is 31.2. The fourth-order valence-corrected chi connectivity index (χ4v) is 5.11. The molecule has 2 bridgehead atoms. The van der Waals surface area contributed by atoms with Crippen LogP contribution in [0.3, 0.4) is 0 Å². The standard InChI is InChI=1S/2C6H12O6.C6H10O5.C6H6O3.C5H8O3.C4H8O4.2C3H6O3.C2H4O2.CH2O2.H2O/c7-1-3-4(9)5(10)6(11,2-8)12-3;7-1-2-3(8)4(9)5(10)6(11)12-2;7-3-2-1-10-6(11-2)5(9)4(3)8;7-3-5-1-2-6(4-8)9-5;1-4(6)2-3-5(7)8;5-2-1-8-4(7)3(2)6;2*4-1-3(6)2-5;3-1-2-4;2-1-3;/h3-5,7-11H,1-2H2;2-11H,1H2;2-9H,1H2;1-3,8H,4H2;2-3H2,1H3,(H,7,8);2-7H,1H2;4-5H,1-2H2;1,3,5-6H,2H2;1,4H,2H2;1H,(H,2,3);1H2/t3-,4+,5?,6+;2?,3-,4-,5?,6?;2?,3-,4-,5?,6-;;;2-,3?,4?;;;;;/m111..1...../s1. The molecule has 38 nitrogen and oxygen atoms in total. The minimum Gasteiger partial charge on any atom is -0.483 e. The summed E-state index contributed by atoms with van der Waals surface area (Å²) in [6, 6.07) is 3.07. The molecule has 38 heteroatoms. The van der Waals surface area contributed by atoms with Crippen LogP contribution in [0.2, 0.25) is 0 Å². The Balaban J connectivity index is -0.000000266. The lowest BCUT2D eigenvalue weighted by atomic mass is 10.00. The van der Waals surface area contributed by atoms with Crippen LogP contribution in [0.15, 0.2) is 16.5 Å². The van der Waals surface area contributed by atoms with Crippen molar-refractivity contribution in [3.05, 3.63) is 23.7 Å². The molecule has 5 fully saturated rings. The molecule has 0 aliphatic carbocycles. The van der Waals surface area contributed by atoms with Crippen molar-refractivity contribution in [2.75, 3.05) is 59.5 Å². The second-order valence-corrected chi connectivity index (χ2v) is 15.5. The van der Waals surface area contributed by atoms with Gasteiger partial charge in [0.25, 0.3) is 6.47 Å².